The Balaban J connectivity index is 2.22. The van der Waals surface area contributed by atoms with Crippen LogP contribution in [0.1, 0.15) is 30.1 Å². The van der Waals surface area contributed by atoms with E-state index in [1.165, 1.54) is 4.88 Å². The van der Waals surface area contributed by atoms with Gasteiger partial charge in [-0.05, 0) is 23.9 Å². The molecule has 3 nitrogen and oxygen atoms in total. The molecule has 0 aliphatic carbocycles. The Morgan fingerprint density at radius 3 is 2.95 bits per heavy atom. The average Bonchev–Trinajstić information content (AvgIpc) is 3.08. The van der Waals surface area contributed by atoms with Crippen LogP contribution in [0, 0.1) is 0 Å². The molecule has 1 atom stereocenters. The molecule has 104 valence electrons. The number of rotatable bonds is 4. The van der Waals surface area contributed by atoms with E-state index in [9.17, 15) is 0 Å². The molecule has 0 bridgehead atoms. The van der Waals surface area contributed by atoms with E-state index < -0.39 is 0 Å². The van der Waals surface area contributed by atoms with Gasteiger partial charge in [-0.15, -0.1) is 22.9 Å². The SMILES string of the molecule is CCC(c1cccs1)n1c(CCl)nc2cc(Cl)cnc21. The third kappa shape index (κ3) is 2.32. The zero-order valence-corrected chi connectivity index (χ0v) is 13.2. The number of hydrogen-bond acceptors (Lipinski definition) is 3. The van der Waals surface area contributed by atoms with Crippen LogP contribution in [0.2, 0.25) is 5.02 Å². The third-order valence-electron chi connectivity index (χ3n) is 3.26. The van der Waals surface area contributed by atoms with E-state index in [4.69, 9.17) is 23.2 Å². The quantitative estimate of drug-likeness (QED) is 0.640. The van der Waals surface area contributed by atoms with Crippen LogP contribution in [-0.4, -0.2) is 14.5 Å². The van der Waals surface area contributed by atoms with Crippen molar-refractivity contribution in [1.29, 1.82) is 0 Å². The molecule has 6 heteroatoms. The minimum atomic E-state index is 0.211. The van der Waals surface area contributed by atoms with E-state index in [1.54, 1.807) is 17.5 Å². The Bertz CT molecular complexity index is 721. The van der Waals surface area contributed by atoms with Gasteiger partial charge < -0.3 is 4.57 Å². The van der Waals surface area contributed by atoms with Gasteiger partial charge in [-0.25, -0.2) is 9.97 Å². The molecule has 0 spiro atoms. The Morgan fingerprint density at radius 1 is 1.45 bits per heavy atom. The second kappa shape index (κ2) is 5.72. The van der Waals surface area contributed by atoms with Gasteiger partial charge in [-0.3, -0.25) is 0 Å². The third-order valence-corrected chi connectivity index (χ3v) is 4.68. The van der Waals surface area contributed by atoms with Crippen molar-refractivity contribution in [3.63, 3.8) is 0 Å². The molecule has 0 saturated carbocycles. The molecule has 0 N–H and O–H groups in total. The van der Waals surface area contributed by atoms with Gasteiger partial charge in [0.2, 0.25) is 0 Å². The molecule has 3 aromatic heterocycles. The maximum absolute atomic E-state index is 6.07. The number of hydrogen-bond donors (Lipinski definition) is 0. The zero-order valence-electron chi connectivity index (χ0n) is 10.9. The van der Waals surface area contributed by atoms with Crippen LogP contribution in [0.3, 0.4) is 0 Å². The van der Waals surface area contributed by atoms with Crippen LogP contribution in [-0.2, 0) is 5.88 Å². The maximum atomic E-state index is 6.07. The lowest BCUT2D eigenvalue weighted by atomic mass is 10.2. The van der Waals surface area contributed by atoms with Crippen molar-refractivity contribution in [1.82, 2.24) is 14.5 Å². The van der Waals surface area contributed by atoms with Crippen LogP contribution in [0.4, 0.5) is 0 Å². The maximum Gasteiger partial charge on any atom is 0.160 e. The predicted molar refractivity (Wildman–Crippen MR) is 84.8 cm³/mol. The van der Waals surface area contributed by atoms with E-state index >= 15 is 0 Å². The number of thiophene rings is 1. The summed E-state index contributed by atoms with van der Waals surface area (Å²) in [5.74, 6) is 1.19. The van der Waals surface area contributed by atoms with Crippen molar-refractivity contribution in [3.05, 3.63) is 45.5 Å². The number of alkyl halides is 1. The summed E-state index contributed by atoms with van der Waals surface area (Å²) in [7, 11) is 0. The Morgan fingerprint density at radius 2 is 2.30 bits per heavy atom. The molecule has 3 aromatic rings. The minimum absolute atomic E-state index is 0.211. The molecule has 0 saturated heterocycles. The van der Waals surface area contributed by atoms with Gasteiger partial charge >= 0.3 is 0 Å². The van der Waals surface area contributed by atoms with Crippen LogP contribution < -0.4 is 0 Å². The van der Waals surface area contributed by atoms with Gasteiger partial charge in [0.1, 0.15) is 11.3 Å². The van der Waals surface area contributed by atoms with Crippen molar-refractivity contribution in [2.45, 2.75) is 25.3 Å². The van der Waals surface area contributed by atoms with Crippen LogP contribution in [0.15, 0.2) is 29.8 Å². The van der Waals surface area contributed by atoms with Gasteiger partial charge in [0.25, 0.3) is 0 Å². The fourth-order valence-electron chi connectivity index (χ4n) is 2.42. The molecule has 0 radical (unpaired) electrons. The molecule has 20 heavy (non-hydrogen) atoms. The van der Waals surface area contributed by atoms with Crippen molar-refractivity contribution in [2.24, 2.45) is 0 Å². The van der Waals surface area contributed by atoms with Gasteiger partial charge in [0.15, 0.2) is 5.65 Å². The lowest BCUT2D eigenvalue weighted by Crippen LogP contribution is -2.11. The Hall–Kier alpha value is -1.10. The number of imidazole rings is 1. The molecular formula is C14H13Cl2N3S. The van der Waals surface area contributed by atoms with Crippen LogP contribution in [0.5, 0.6) is 0 Å². The summed E-state index contributed by atoms with van der Waals surface area (Å²) in [5.41, 5.74) is 1.63. The molecule has 0 aliphatic rings. The number of nitrogens with zero attached hydrogens (tertiary/aromatic N) is 3. The standard InChI is InChI=1S/C14H13Cl2N3S/c1-2-11(12-4-3-5-20-12)19-13(7-15)18-10-6-9(16)8-17-14(10)19/h3-6,8,11H,2,7H2,1H3. The van der Waals surface area contributed by atoms with Gasteiger partial charge in [0.05, 0.1) is 16.9 Å². The number of aromatic nitrogens is 3. The van der Waals surface area contributed by atoms with E-state index in [0.29, 0.717) is 10.9 Å². The van der Waals surface area contributed by atoms with Crippen molar-refractivity contribution < 1.29 is 0 Å². The van der Waals surface area contributed by atoms with E-state index in [1.807, 2.05) is 6.07 Å². The Labute approximate surface area is 131 Å². The number of pyridine rings is 1. The molecule has 0 fully saturated rings. The molecule has 0 aliphatic heterocycles. The molecule has 3 rings (SSSR count). The molecule has 0 amide bonds. The van der Waals surface area contributed by atoms with E-state index in [0.717, 1.165) is 23.4 Å². The highest BCUT2D eigenvalue weighted by Crippen LogP contribution is 2.31. The first-order valence-electron chi connectivity index (χ1n) is 6.36. The fourth-order valence-corrected chi connectivity index (χ4v) is 3.66. The van der Waals surface area contributed by atoms with Gasteiger partial charge in [0, 0.05) is 11.1 Å². The first kappa shape index (κ1) is 13.9. The lowest BCUT2D eigenvalue weighted by molar-refractivity contribution is 0.570. The zero-order chi connectivity index (χ0) is 14.1. The fraction of sp³-hybridized carbons (Fsp3) is 0.286. The smallest absolute Gasteiger partial charge is 0.160 e. The largest absolute Gasteiger partial charge is 0.303 e. The van der Waals surface area contributed by atoms with Crippen LogP contribution >= 0.6 is 34.5 Å². The normalized spacial score (nSPS) is 12.9. The monoisotopic (exact) mass is 325 g/mol. The van der Waals surface area contributed by atoms with E-state index in [2.05, 4.69) is 39.0 Å². The summed E-state index contributed by atoms with van der Waals surface area (Å²) in [5, 5.41) is 2.68. The molecular weight excluding hydrogens is 313 g/mol. The second-order valence-corrected chi connectivity index (χ2v) is 6.15. The summed E-state index contributed by atoms with van der Waals surface area (Å²) in [6.45, 7) is 2.16. The highest BCUT2D eigenvalue weighted by molar-refractivity contribution is 7.10. The summed E-state index contributed by atoms with van der Waals surface area (Å²) < 4.78 is 2.13. The van der Waals surface area contributed by atoms with Crippen molar-refractivity contribution in [2.75, 3.05) is 0 Å². The van der Waals surface area contributed by atoms with Crippen molar-refractivity contribution in [3.8, 4) is 0 Å². The van der Waals surface area contributed by atoms with Gasteiger partial charge in [-0.2, -0.15) is 0 Å². The second-order valence-electron chi connectivity index (χ2n) is 4.47. The average molecular weight is 326 g/mol. The summed E-state index contributed by atoms with van der Waals surface area (Å²) >= 11 is 13.8. The lowest BCUT2D eigenvalue weighted by Gasteiger charge is -2.18. The number of halogens is 2. The molecule has 0 aromatic carbocycles. The van der Waals surface area contributed by atoms with Crippen molar-refractivity contribution >= 4 is 45.7 Å². The van der Waals surface area contributed by atoms with E-state index in [-0.39, 0.29) is 6.04 Å². The summed E-state index contributed by atoms with van der Waals surface area (Å²) in [6.07, 6.45) is 2.61. The highest BCUT2D eigenvalue weighted by Gasteiger charge is 2.20. The summed E-state index contributed by atoms with van der Waals surface area (Å²) in [4.78, 5) is 10.3. The highest BCUT2D eigenvalue weighted by atomic mass is 35.5. The predicted octanol–water partition coefficient (Wildman–Crippen LogP) is 4.88. The Kier molecular flexibility index (Phi) is 3.96. The van der Waals surface area contributed by atoms with Crippen LogP contribution in [0.25, 0.3) is 11.2 Å². The first-order chi connectivity index (χ1) is 9.74. The first-order valence-corrected chi connectivity index (χ1v) is 8.15. The summed E-state index contributed by atoms with van der Waals surface area (Å²) in [6, 6.07) is 6.24. The molecule has 1 unspecified atom stereocenters. The number of fused-ring (bicyclic) bond motifs is 1. The molecule has 3 heterocycles. The van der Waals surface area contributed by atoms with Gasteiger partial charge in [-0.1, -0.05) is 24.6 Å². The minimum Gasteiger partial charge on any atom is -0.303 e. The topological polar surface area (TPSA) is 30.7 Å².